The number of ether oxygens (including phenoxy) is 1. The minimum absolute atomic E-state index is 0.477. The van der Waals surface area contributed by atoms with E-state index in [0.717, 1.165) is 17.8 Å². The number of hydrogen-bond acceptors (Lipinski definition) is 4. The predicted molar refractivity (Wildman–Crippen MR) is 78.2 cm³/mol. The van der Waals surface area contributed by atoms with Crippen LogP contribution in [0.25, 0.3) is 0 Å². The fourth-order valence-corrected chi connectivity index (χ4v) is 1.99. The molecule has 1 aliphatic carbocycles. The SMILES string of the molecule is Cc1ccc(Cl)cc1Oc1ccc(CNC2CC2)nn1. The third-order valence-electron chi connectivity index (χ3n) is 3.21. The molecule has 20 heavy (non-hydrogen) atoms. The summed E-state index contributed by atoms with van der Waals surface area (Å²) >= 11 is 5.96. The second-order valence-corrected chi connectivity index (χ2v) is 5.47. The summed E-state index contributed by atoms with van der Waals surface area (Å²) in [6.07, 6.45) is 2.53. The zero-order chi connectivity index (χ0) is 13.9. The number of hydrogen-bond donors (Lipinski definition) is 1. The van der Waals surface area contributed by atoms with Crippen LogP contribution in [0.2, 0.25) is 5.02 Å². The lowest BCUT2D eigenvalue weighted by molar-refractivity contribution is 0.450. The number of benzene rings is 1. The topological polar surface area (TPSA) is 47.0 Å². The van der Waals surface area contributed by atoms with Crippen molar-refractivity contribution in [3.63, 3.8) is 0 Å². The minimum atomic E-state index is 0.477. The Hall–Kier alpha value is -1.65. The molecule has 1 N–H and O–H groups in total. The van der Waals surface area contributed by atoms with Gasteiger partial charge in [0, 0.05) is 23.7 Å². The molecule has 5 heteroatoms. The van der Waals surface area contributed by atoms with Crippen LogP contribution in [-0.4, -0.2) is 16.2 Å². The first-order chi connectivity index (χ1) is 9.70. The second kappa shape index (κ2) is 5.77. The van der Waals surface area contributed by atoms with Crippen LogP contribution < -0.4 is 10.1 Å². The third kappa shape index (κ3) is 3.46. The van der Waals surface area contributed by atoms with Crippen LogP contribution in [0.4, 0.5) is 0 Å². The standard InChI is InChI=1S/C15H16ClN3O/c1-10-2-3-11(16)8-14(10)20-15-7-6-13(18-19-15)9-17-12-4-5-12/h2-3,6-8,12,17H,4-5,9H2,1H3. The summed E-state index contributed by atoms with van der Waals surface area (Å²) in [6, 6.07) is 9.96. The van der Waals surface area contributed by atoms with Gasteiger partial charge in [0.15, 0.2) is 0 Å². The van der Waals surface area contributed by atoms with Gasteiger partial charge in [-0.15, -0.1) is 5.10 Å². The fraction of sp³-hybridized carbons (Fsp3) is 0.333. The largest absolute Gasteiger partial charge is 0.437 e. The van der Waals surface area contributed by atoms with Crippen LogP contribution in [0.3, 0.4) is 0 Å². The van der Waals surface area contributed by atoms with Crippen LogP contribution in [0, 0.1) is 6.92 Å². The second-order valence-electron chi connectivity index (χ2n) is 5.03. The van der Waals surface area contributed by atoms with Crippen LogP contribution in [-0.2, 0) is 6.54 Å². The Morgan fingerprint density at radius 2 is 2.10 bits per heavy atom. The maximum Gasteiger partial charge on any atom is 0.238 e. The maximum atomic E-state index is 5.96. The zero-order valence-corrected chi connectivity index (χ0v) is 12.0. The summed E-state index contributed by atoms with van der Waals surface area (Å²) in [4.78, 5) is 0. The van der Waals surface area contributed by atoms with E-state index >= 15 is 0 Å². The molecule has 1 heterocycles. The molecule has 1 aliphatic rings. The summed E-state index contributed by atoms with van der Waals surface area (Å²) in [6.45, 7) is 2.72. The molecule has 0 aliphatic heterocycles. The van der Waals surface area contributed by atoms with Crippen molar-refractivity contribution in [1.82, 2.24) is 15.5 Å². The van der Waals surface area contributed by atoms with Crippen molar-refractivity contribution in [3.05, 3.63) is 46.6 Å². The van der Waals surface area contributed by atoms with Crippen LogP contribution in [0.1, 0.15) is 24.1 Å². The highest BCUT2D eigenvalue weighted by Gasteiger charge is 2.20. The quantitative estimate of drug-likeness (QED) is 0.915. The first-order valence-electron chi connectivity index (χ1n) is 6.71. The van der Waals surface area contributed by atoms with E-state index < -0.39 is 0 Å². The van der Waals surface area contributed by atoms with E-state index in [2.05, 4.69) is 15.5 Å². The Balaban J connectivity index is 1.66. The van der Waals surface area contributed by atoms with Gasteiger partial charge >= 0.3 is 0 Å². The predicted octanol–water partition coefficient (Wildman–Crippen LogP) is 3.48. The van der Waals surface area contributed by atoms with Crippen LogP contribution >= 0.6 is 11.6 Å². The average molecular weight is 290 g/mol. The minimum Gasteiger partial charge on any atom is -0.437 e. The Morgan fingerprint density at radius 1 is 1.25 bits per heavy atom. The van der Waals surface area contributed by atoms with Gasteiger partial charge in [0.05, 0.1) is 5.69 Å². The van der Waals surface area contributed by atoms with E-state index in [9.17, 15) is 0 Å². The monoisotopic (exact) mass is 289 g/mol. The summed E-state index contributed by atoms with van der Waals surface area (Å²) in [7, 11) is 0. The number of rotatable bonds is 5. The highest BCUT2D eigenvalue weighted by Crippen LogP contribution is 2.26. The molecule has 3 rings (SSSR count). The van der Waals surface area contributed by atoms with E-state index in [-0.39, 0.29) is 0 Å². The number of aryl methyl sites for hydroxylation is 1. The van der Waals surface area contributed by atoms with Gasteiger partial charge in [-0.1, -0.05) is 17.7 Å². The molecule has 0 atom stereocenters. The van der Waals surface area contributed by atoms with Gasteiger partial charge in [-0.2, -0.15) is 5.10 Å². The molecule has 0 radical (unpaired) electrons. The Bertz CT molecular complexity index is 597. The molecule has 0 spiro atoms. The molecule has 0 saturated heterocycles. The van der Waals surface area contributed by atoms with Gasteiger partial charge in [0.2, 0.25) is 5.88 Å². The van der Waals surface area contributed by atoms with Crippen molar-refractivity contribution in [2.45, 2.75) is 32.4 Å². The molecular formula is C15H16ClN3O. The Labute approximate surface area is 123 Å². The molecule has 4 nitrogen and oxygen atoms in total. The Kier molecular flexibility index (Phi) is 3.85. The van der Waals surface area contributed by atoms with E-state index in [1.165, 1.54) is 12.8 Å². The van der Waals surface area contributed by atoms with E-state index in [1.54, 1.807) is 6.07 Å². The first-order valence-corrected chi connectivity index (χ1v) is 7.08. The van der Waals surface area contributed by atoms with Crippen molar-refractivity contribution in [3.8, 4) is 11.6 Å². The van der Waals surface area contributed by atoms with E-state index in [1.807, 2.05) is 31.2 Å². The summed E-state index contributed by atoms with van der Waals surface area (Å²) in [5, 5.41) is 12.3. The van der Waals surface area contributed by atoms with Gasteiger partial charge in [-0.25, -0.2) is 0 Å². The molecule has 0 unspecified atom stereocenters. The number of nitrogens with zero attached hydrogens (tertiary/aromatic N) is 2. The summed E-state index contributed by atoms with van der Waals surface area (Å²) in [5.74, 6) is 1.18. The number of nitrogens with one attached hydrogen (secondary N) is 1. The third-order valence-corrected chi connectivity index (χ3v) is 3.44. The molecule has 104 valence electrons. The van der Waals surface area contributed by atoms with Crippen molar-refractivity contribution < 1.29 is 4.74 Å². The molecule has 2 aromatic rings. The lowest BCUT2D eigenvalue weighted by atomic mass is 10.2. The van der Waals surface area contributed by atoms with Gasteiger partial charge in [0.25, 0.3) is 0 Å². The van der Waals surface area contributed by atoms with Crippen molar-refractivity contribution in [2.24, 2.45) is 0 Å². The van der Waals surface area contributed by atoms with Crippen LogP contribution in [0.5, 0.6) is 11.6 Å². The van der Waals surface area contributed by atoms with Gasteiger partial charge < -0.3 is 10.1 Å². The molecule has 1 aromatic carbocycles. The van der Waals surface area contributed by atoms with Gasteiger partial charge in [-0.3, -0.25) is 0 Å². The maximum absolute atomic E-state index is 5.96. The molecule has 0 amide bonds. The molecule has 0 bridgehead atoms. The van der Waals surface area contributed by atoms with Gasteiger partial charge in [0.1, 0.15) is 5.75 Å². The first kappa shape index (κ1) is 13.3. The molecule has 1 aromatic heterocycles. The smallest absolute Gasteiger partial charge is 0.238 e. The van der Waals surface area contributed by atoms with Crippen LogP contribution in [0.15, 0.2) is 30.3 Å². The van der Waals surface area contributed by atoms with Gasteiger partial charge in [-0.05, 0) is 43.5 Å². The average Bonchev–Trinajstić information content (AvgIpc) is 3.26. The van der Waals surface area contributed by atoms with Crippen molar-refractivity contribution in [1.29, 1.82) is 0 Å². The van der Waals surface area contributed by atoms with Crippen molar-refractivity contribution in [2.75, 3.05) is 0 Å². The normalized spacial score (nSPS) is 14.3. The summed E-state index contributed by atoms with van der Waals surface area (Å²) < 4.78 is 5.70. The lowest BCUT2D eigenvalue weighted by Crippen LogP contribution is -2.16. The molecule has 1 fully saturated rings. The molecule has 1 saturated carbocycles. The number of aromatic nitrogens is 2. The number of halogens is 1. The Morgan fingerprint density at radius 3 is 2.80 bits per heavy atom. The van der Waals surface area contributed by atoms with E-state index in [0.29, 0.717) is 22.7 Å². The highest BCUT2D eigenvalue weighted by atomic mass is 35.5. The fourth-order valence-electron chi connectivity index (χ4n) is 1.83. The summed E-state index contributed by atoms with van der Waals surface area (Å²) in [5.41, 5.74) is 1.93. The molecular weight excluding hydrogens is 274 g/mol. The van der Waals surface area contributed by atoms with E-state index in [4.69, 9.17) is 16.3 Å². The highest BCUT2D eigenvalue weighted by molar-refractivity contribution is 6.30. The van der Waals surface area contributed by atoms with Crippen molar-refractivity contribution >= 4 is 11.6 Å². The lowest BCUT2D eigenvalue weighted by Gasteiger charge is -2.08. The zero-order valence-electron chi connectivity index (χ0n) is 11.3.